The lowest BCUT2D eigenvalue weighted by Gasteiger charge is -2.32. The van der Waals surface area contributed by atoms with Gasteiger partial charge < -0.3 is 5.32 Å². The molecule has 1 aliphatic heterocycles. The van der Waals surface area contributed by atoms with Crippen molar-refractivity contribution in [3.8, 4) is 0 Å². The minimum atomic E-state index is -3.34. The zero-order valence-corrected chi connectivity index (χ0v) is 16.9. The Labute approximate surface area is 162 Å². The molecule has 1 heterocycles. The molecule has 3 aliphatic rings. The van der Waals surface area contributed by atoms with Crippen LogP contribution >= 0.6 is 0 Å². The summed E-state index contributed by atoms with van der Waals surface area (Å²) in [7, 11) is -3.34. The van der Waals surface area contributed by atoms with Crippen LogP contribution in [-0.2, 0) is 20.6 Å². The lowest BCUT2D eigenvalue weighted by molar-refractivity contribution is -0.127. The third-order valence-corrected chi connectivity index (χ3v) is 8.71. The van der Waals surface area contributed by atoms with Crippen LogP contribution in [0, 0.1) is 24.7 Å². The second-order valence-electron chi connectivity index (χ2n) is 8.65. The van der Waals surface area contributed by atoms with E-state index in [4.69, 9.17) is 0 Å². The zero-order valence-electron chi connectivity index (χ0n) is 16.1. The van der Waals surface area contributed by atoms with Gasteiger partial charge >= 0.3 is 0 Å². The number of nitrogens with one attached hydrogen (secondary N) is 1. The van der Waals surface area contributed by atoms with Gasteiger partial charge in [0.15, 0.2) is 0 Å². The van der Waals surface area contributed by atoms with Gasteiger partial charge in [0, 0.05) is 25.0 Å². The van der Waals surface area contributed by atoms with Crippen LogP contribution in [0.5, 0.6) is 0 Å². The molecule has 4 rings (SSSR count). The van der Waals surface area contributed by atoms with Crippen molar-refractivity contribution in [3.63, 3.8) is 0 Å². The number of hydrogen-bond donors (Lipinski definition) is 1. The molecule has 3 fully saturated rings. The second-order valence-corrected chi connectivity index (χ2v) is 10.6. The zero-order chi connectivity index (χ0) is 19.0. The summed E-state index contributed by atoms with van der Waals surface area (Å²) in [5.41, 5.74) is 1.86. The first-order valence-corrected chi connectivity index (χ1v) is 11.9. The van der Waals surface area contributed by atoms with Crippen LogP contribution in [0.3, 0.4) is 0 Å². The predicted molar refractivity (Wildman–Crippen MR) is 105 cm³/mol. The molecule has 148 valence electrons. The molecule has 2 bridgehead atoms. The van der Waals surface area contributed by atoms with E-state index in [2.05, 4.69) is 5.32 Å². The third-order valence-electron chi connectivity index (χ3n) is 6.88. The lowest BCUT2D eigenvalue weighted by Crippen LogP contribution is -2.46. The minimum absolute atomic E-state index is 0.0433. The van der Waals surface area contributed by atoms with Crippen molar-refractivity contribution in [3.05, 3.63) is 35.4 Å². The Morgan fingerprint density at radius 2 is 1.85 bits per heavy atom. The fraction of sp³-hybridized carbons (Fsp3) is 0.667. The summed E-state index contributed by atoms with van der Waals surface area (Å²) in [6.45, 7) is 2.84. The normalized spacial score (nSPS) is 29.1. The summed E-state index contributed by atoms with van der Waals surface area (Å²) in [5.74, 6) is 1.63. The number of sulfonamides is 1. The molecule has 27 heavy (non-hydrogen) atoms. The number of hydrogen-bond acceptors (Lipinski definition) is 3. The van der Waals surface area contributed by atoms with Gasteiger partial charge in [0.25, 0.3) is 0 Å². The predicted octanol–water partition coefficient (Wildman–Crippen LogP) is 2.84. The summed E-state index contributed by atoms with van der Waals surface area (Å²) >= 11 is 0. The highest BCUT2D eigenvalue weighted by Gasteiger charge is 2.41. The third kappa shape index (κ3) is 4.06. The van der Waals surface area contributed by atoms with Crippen molar-refractivity contribution in [2.24, 2.45) is 17.8 Å². The minimum Gasteiger partial charge on any atom is -0.353 e. The Balaban J connectivity index is 1.30. The molecule has 5 nitrogen and oxygen atoms in total. The average Bonchev–Trinajstić information content (AvgIpc) is 3.27. The van der Waals surface area contributed by atoms with Crippen molar-refractivity contribution in [1.82, 2.24) is 9.62 Å². The van der Waals surface area contributed by atoms with Gasteiger partial charge in [0.2, 0.25) is 15.9 Å². The maximum absolute atomic E-state index is 12.8. The standard InChI is InChI=1S/C21H30N2O3S/c1-15-4-2-3-5-19(15)14-27(25,26)23-10-8-17(9-11-23)21(24)22-20-13-16-6-7-18(20)12-16/h2-5,16-18,20H,6-14H2,1H3,(H,22,24)/t16-,18-,20+/m0/s1. The molecule has 2 saturated carbocycles. The number of rotatable bonds is 5. The first-order valence-electron chi connectivity index (χ1n) is 10.2. The molecule has 1 aromatic rings. The van der Waals surface area contributed by atoms with E-state index in [0.717, 1.165) is 23.5 Å². The van der Waals surface area contributed by atoms with E-state index in [9.17, 15) is 13.2 Å². The van der Waals surface area contributed by atoms with E-state index in [1.54, 1.807) is 4.31 Å². The molecule has 1 N–H and O–H groups in total. The van der Waals surface area contributed by atoms with Crippen molar-refractivity contribution in [1.29, 1.82) is 0 Å². The largest absolute Gasteiger partial charge is 0.353 e. The molecular formula is C21H30N2O3S. The Hall–Kier alpha value is -1.40. The Morgan fingerprint density at radius 3 is 2.48 bits per heavy atom. The summed E-state index contributed by atoms with van der Waals surface area (Å²) in [6, 6.07) is 7.98. The van der Waals surface area contributed by atoms with Gasteiger partial charge in [-0.1, -0.05) is 30.7 Å². The first kappa shape index (κ1) is 18.9. The lowest BCUT2D eigenvalue weighted by atomic mass is 9.93. The topological polar surface area (TPSA) is 66.5 Å². The van der Waals surface area contributed by atoms with E-state index < -0.39 is 10.0 Å². The average molecular weight is 391 g/mol. The number of fused-ring (bicyclic) bond motifs is 2. The Kier molecular flexibility index (Phi) is 5.30. The number of amides is 1. The van der Waals surface area contributed by atoms with Crippen LogP contribution in [0.15, 0.2) is 24.3 Å². The van der Waals surface area contributed by atoms with Crippen molar-refractivity contribution >= 4 is 15.9 Å². The molecule has 1 amide bonds. The quantitative estimate of drug-likeness (QED) is 0.841. The number of aryl methyl sites for hydroxylation is 1. The monoisotopic (exact) mass is 390 g/mol. The molecule has 0 spiro atoms. The number of carbonyl (C=O) groups excluding carboxylic acids is 1. The molecule has 2 aliphatic carbocycles. The van der Waals surface area contributed by atoms with Crippen LogP contribution in [0.2, 0.25) is 0 Å². The molecule has 0 aromatic heterocycles. The van der Waals surface area contributed by atoms with Gasteiger partial charge in [0.05, 0.1) is 5.75 Å². The maximum Gasteiger partial charge on any atom is 0.223 e. The van der Waals surface area contributed by atoms with E-state index >= 15 is 0 Å². The summed E-state index contributed by atoms with van der Waals surface area (Å²) in [6.07, 6.45) is 6.25. The second kappa shape index (κ2) is 7.55. The van der Waals surface area contributed by atoms with E-state index in [1.807, 2.05) is 31.2 Å². The fourth-order valence-corrected chi connectivity index (χ4v) is 6.84. The molecule has 3 atom stereocenters. The van der Waals surface area contributed by atoms with Crippen LogP contribution in [0.1, 0.15) is 49.7 Å². The Morgan fingerprint density at radius 1 is 1.11 bits per heavy atom. The molecular weight excluding hydrogens is 360 g/mol. The van der Waals surface area contributed by atoms with Crippen molar-refractivity contribution in [2.45, 2.75) is 57.2 Å². The molecule has 0 radical (unpaired) electrons. The van der Waals surface area contributed by atoms with Crippen LogP contribution < -0.4 is 5.32 Å². The van der Waals surface area contributed by atoms with Gasteiger partial charge in [-0.25, -0.2) is 12.7 Å². The van der Waals surface area contributed by atoms with Gasteiger partial charge in [-0.3, -0.25) is 4.79 Å². The SMILES string of the molecule is Cc1ccccc1CS(=O)(=O)N1CCC(C(=O)N[C@@H]2C[C@H]3CC[C@H]2C3)CC1. The number of carbonyl (C=O) groups is 1. The molecule has 0 unspecified atom stereocenters. The number of benzene rings is 1. The molecule has 6 heteroatoms. The molecule has 1 aromatic carbocycles. The first-order chi connectivity index (χ1) is 12.9. The number of piperidine rings is 1. The van der Waals surface area contributed by atoms with Gasteiger partial charge in [0.1, 0.15) is 0 Å². The molecule has 1 saturated heterocycles. The summed E-state index contributed by atoms with van der Waals surface area (Å²) < 4.78 is 27.1. The van der Waals surface area contributed by atoms with E-state index in [0.29, 0.717) is 37.9 Å². The van der Waals surface area contributed by atoms with E-state index in [-0.39, 0.29) is 17.6 Å². The highest BCUT2D eigenvalue weighted by Crippen LogP contribution is 2.44. The number of nitrogens with zero attached hydrogens (tertiary/aromatic N) is 1. The van der Waals surface area contributed by atoms with E-state index in [1.165, 1.54) is 19.3 Å². The highest BCUT2D eigenvalue weighted by molar-refractivity contribution is 7.88. The highest BCUT2D eigenvalue weighted by atomic mass is 32.2. The van der Waals surface area contributed by atoms with Crippen molar-refractivity contribution in [2.75, 3.05) is 13.1 Å². The van der Waals surface area contributed by atoms with Crippen LogP contribution in [0.25, 0.3) is 0 Å². The van der Waals surface area contributed by atoms with Gasteiger partial charge in [-0.05, 0) is 62.0 Å². The fourth-order valence-electron chi connectivity index (χ4n) is 5.18. The summed E-state index contributed by atoms with van der Waals surface area (Å²) in [4.78, 5) is 12.6. The maximum atomic E-state index is 12.8. The van der Waals surface area contributed by atoms with Crippen molar-refractivity contribution < 1.29 is 13.2 Å². The van der Waals surface area contributed by atoms with Crippen LogP contribution in [0.4, 0.5) is 0 Å². The summed E-state index contributed by atoms with van der Waals surface area (Å²) in [5, 5.41) is 3.27. The van der Waals surface area contributed by atoms with Gasteiger partial charge in [-0.15, -0.1) is 0 Å². The Bertz CT molecular complexity index is 799. The van der Waals surface area contributed by atoms with Gasteiger partial charge in [-0.2, -0.15) is 0 Å². The van der Waals surface area contributed by atoms with Crippen LogP contribution in [-0.4, -0.2) is 37.8 Å². The smallest absolute Gasteiger partial charge is 0.223 e.